The van der Waals surface area contributed by atoms with Gasteiger partial charge in [-0.05, 0) is 26.0 Å². The summed E-state index contributed by atoms with van der Waals surface area (Å²) in [7, 11) is -3.13. The van der Waals surface area contributed by atoms with Crippen molar-refractivity contribution in [3.05, 3.63) is 30.3 Å². The minimum atomic E-state index is -3.13. The maximum atomic E-state index is 12.0. The topological polar surface area (TPSA) is 60.2 Å². The summed E-state index contributed by atoms with van der Waals surface area (Å²) in [6, 6.07) is 11.8. The zero-order valence-electron chi connectivity index (χ0n) is 10.6. The van der Waals surface area contributed by atoms with E-state index in [0.29, 0.717) is 13.2 Å². The summed E-state index contributed by atoms with van der Waals surface area (Å²) in [5, 5.41) is 0. The lowest BCUT2D eigenvalue weighted by Crippen LogP contribution is -1.98. The predicted molar refractivity (Wildman–Crippen MR) is 71.7 cm³/mol. The summed E-state index contributed by atoms with van der Waals surface area (Å²) in [5.41, 5.74) is 0.740. The van der Waals surface area contributed by atoms with Gasteiger partial charge in [-0.25, -0.2) is 4.99 Å². The van der Waals surface area contributed by atoms with Crippen LogP contribution in [0.5, 0.6) is 0 Å². The fraction of sp³-hybridized carbons (Fsp3) is 0.417. The summed E-state index contributed by atoms with van der Waals surface area (Å²) in [6.07, 6.45) is -0.0645. The Morgan fingerprint density at radius 1 is 1.17 bits per heavy atom. The molecule has 0 saturated carbocycles. The molecular weight excluding hydrogens is 251 g/mol. The van der Waals surface area contributed by atoms with Crippen LogP contribution < -0.4 is 0 Å². The summed E-state index contributed by atoms with van der Waals surface area (Å²) in [5.74, 6) is 0. The molecule has 0 heterocycles. The lowest BCUT2D eigenvalue weighted by atomic mass is 10.3. The van der Waals surface area contributed by atoms with E-state index < -0.39 is 7.60 Å². The largest absolute Gasteiger partial charge is 0.352 e. The smallest absolute Gasteiger partial charge is 0.308 e. The van der Waals surface area contributed by atoms with Gasteiger partial charge in [-0.1, -0.05) is 18.2 Å². The quantitative estimate of drug-likeness (QED) is 0.559. The van der Waals surface area contributed by atoms with E-state index in [1.807, 2.05) is 30.3 Å². The molecule has 0 N–H and O–H groups in total. The molecule has 0 bridgehead atoms. The number of hydrogen-bond acceptors (Lipinski definition) is 5. The van der Waals surface area contributed by atoms with Crippen molar-refractivity contribution in [1.82, 2.24) is 0 Å². The van der Waals surface area contributed by atoms with Crippen molar-refractivity contribution in [3.8, 4) is 0 Å². The van der Waals surface area contributed by atoms with Crippen LogP contribution in [-0.4, -0.2) is 25.5 Å². The van der Waals surface area contributed by atoms with Gasteiger partial charge in [0.15, 0.2) is 6.29 Å². The number of rotatable bonds is 7. The van der Waals surface area contributed by atoms with Gasteiger partial charge in [0.25, 0.3) is 0 Å². The third-order valence-electron chi connectivity index (χ3n) is 1.90. The molecule has 0 radical (unpaired) electrons. The third-order valence-corrected chi connectivity index (χ3v) is 3.69. The molecule has 98 valence electrons. The van der Waals surface area contributed by atoms with Crippen molar-refractivity contribution in [2.75, 3.05) is 19.5 Å². The molecular formula is C12H17N2O3P. The minimum absolute atomic E-state index is 0.0645. The monoisotopic (exact) mass is 268 g/mol. The molecule has 1 rings (SSSR count). The zero-order valence-corrected chi connectivity index (χ0v) is 11.5. The van der Waals surface area contributed by atoms with E-state index in [1.165, 1.54) is 0 Å². The highest BCUT2D eigenvalue weighted by atomic mass is 31.2. The lowest BCUT2D eigenvalue weighted by molar-refractivity contribution is 0.221. The van der Waals surface area contributed by atoms with E-state index >= 15 is 0 Å². The number of hydrogen-bond donors (Lipinski definition) is 0. The second-order valence-electron chi connectivity index (χ2n) is 3.29. The van der Waals surface area contributed by atoms with E-state index in [4.69, 9.17) is 9.05 Å². The number of nitrogens with zero attached hydrogens (tertiary/aromatic N) is 2. The molecule has 0 unspecified atom stereocenters. The zero-order chi connectivity index (χ0) is 13.3. The first-order chi connectivity index (χ1) is 8.70. The maximum Gasteiger partial charge on any atom is 0.352 e. The molecule has 0 aliphatic carbocycles. The van der Waals surface area contributed by atoms with Crippen LogP contribution in [0.3, 0.4) is 0 Å². The van der Waals surface area contributed by atoms with Gasteiger partial charge in [-0.2, -0.15) is 4.99 Å². The Morgan fingerprint density at radius 3 is 2.33 bits per heavy atom. The highest BCUT2D eigenvalue weighted by Gasteiger charge is 2.22. The van der Waals surface area contributed by atoms with Crippen LogP contribution in [-0.2, 0) is 13.6 Å². The molecule has 18 heavy (non-hydrogen) atoms. The van der Waals surface area contributed by atoms with Crippen LogP contribution in [0, 0.1) is 0 Å². The molecule has 6 heteroatoms. The maximum absolute atomic E-state index is 12.0. The predicted octanol–water partition coefficient (Wildman–Crippen LogP) is 3.72. The summed E-state index contributed by atoms with van der Waals surface area (Å²) in [4.78, 5) is 7.83. The van der Waals surface area contributed by atoms with E-state index in [2.05, 4.69) is 16.0 Å². The van der Waals surface area contributed by atoms with Gasteiger partial charge in [0, 0.05) is 0 Å². The van der Waals surface area contributed by atoms with Crippen LogP contribution in [0.4, 0.5) is 5.69 Å². The molecule has 0 aliphatic heterocycles. The molecule has 5 nitrogen and oxygen atoms in total. The highest BCUT2D eigenvalue weighted by molar-refractivity contribution is 7.53. The molecule has 0 amide bonds. The Balaban J connectivity index is 2.62. The third kappa shape index (κ3) is 5.39. The first-order valence-electron chi connectivity index (χ1n) is 5.75. The Kier molecular flexibility index (Phi) is 6.55. The number of aliphatic imine (C=N–C) groups is 2. The van der Waals surface area contributed by atoms with Crippen molar-refractivity contribution in [2.24, 2.45) is 9.98 Å². The summed E-state index contributed by atoms with van der Waals surface area (Å²) < 4.78 is 22.2. The van der Waals surface area contributed by atoms with Gasteiger partial charge in [0.05, 0.1) is 24.9 Å². The Bertz CT molecular complexity index is 446. The second-order valence-corrected chi connectivity index (χ2v) is 5.31. The van der Waals surface area contributed by atoms with Crippen LogP contribution in [0.15, 0.2) is 40.3 Å². The fourth-order valence-electron chi connectivity index (χ4n) is 1.23. The van der Waals surface area contributed by atoms with Gasteiger partial charge in [0.1, 0.15) is 0 Å². The number of benzene rings is 1. The molecule has 0 saturated heterocycles. The van der Waals surface area contributed by atoms with Crippen molar-refractivity contribution < 1.29 is 13.6 Å². The Morgan fingerprint density at radius 2 is 1.78 bits per heavy atom. The van der Waals surface area contributed by atoms with Crippen LogP contribution in [0.25, 0.3) is 0 Å². The van der Waals surface area contributed by atoms with Gasteiger partial charge < -0.3 is 9.05 Å². The van der Waals surface area contributed by atoms with Gasteiger partial charge >= 0.3 is 7.60 Å². The first-order valence-corrected chi connectivity index (χ1v) is 7.48. The molecule has 0 fully saturated rings. The van der Waals surface area contributed by atoms with Crippen LogP contribution >= 0.6 is 7.60 Å². The molecule has 1 aromatic carbocycles. The van der Waals surface area contributed by atoms with Crippen molar-refractivity contribution in [1.29, 1.82) is 0 Å². The Hall–Kier alpha value is -1.25. The molecule has 0 aromatic heterocycles. The standard InChI is InChI=1S/C12H17N2O3P/c1-3-16-18(15,17-4-2)11-13-10-14-12-8-6-5-7-9-12/h5-9H,3-4,11H2,1-2H3. The SMILES string of the molecule is CCOP(=O)(CN=C=Nc1ccccc1)OCC. The fourth-order valence-corrected chi connectivity index (χ4v) is 2.49. The Labute approximate surface area is 107 Å². The molecule has 0 spiro atoms. The van der Waals surface area contributed by atoms with Crippen molar-refractivity contribution >= 4 is 19.3 Å². The summed E-state index contributed by atoms with van der Waals surface area (Å²) >= 11 is 0. The summed E-state index contributed by atoms with van der Waals surface area (Å²) in [6.45, 7) is 4.16. The van der Waals surface area contributed by atoms with Gasteiger partial charge in [0.2, 0.25) is 0 Å². The van der Waals surface area contributed by atoms with Gasteiger partial charge in [-0.3, -0.25) is 4.57 Å². The highest BCUT2D eigenvalue weighted by Crippen LogP contribution is 2.47. The van der Waals surface area contributed by atoms with Gasteiger partial charge in [-0.15, -0.1) is 0 Å². The van der Waals surface area contributed by atoms with E-state index in [9.17, 15) is 4.57 Å². The molecule has 0 aliphatic rings. The van der Waals surface area contributed by atoms with E-state index in [-0.39, 0.29) is 6.29 Å². The van der Waals surface area contributed by atoms with Crippen molar-refractivity contribution in [2.45, 2.75) is 13.8 Å². The first kappa shape index (κ1) is 14.8. The average Bonchev–Trinajstić information content (AvgIpc) is 2.37. The van der Waals surface area contributed by atoms with Crippen LogP contribution in [0.2, 0.25) is 0 Å². The minimum Gasteiger partial charge on any atom is -0.308 e. The van der Waals surface area contributed by atoms with Crippen molar-refractivity contribution in [3.63, 3.8) is 0 Å². The lowest BCUT2D eigenvalue weighted by Gasteiger charge is -2.13. The number of para-hydroxylation sites is 1. The van der Waals surface area contributed by atoms with E-state index in [0.717, 1.165) is 5.69 Å². The molecule has 1 aromatic rings. The van der Waals surface area contributed by atoms with E-state index in [1.54, 1.807) is 13.8 Å². The van der Waals surface area contributed by atoms with Crippen LogP contribution in [0.1, 0.15) is 13.8 Å². The average molecular weight is 268 g/mol. The normalized spacial score (nSPS) is 10.8. The molecule has 0 atom stereocenters. The second kappa shape index (κ2) is 7.96.